The molecular weight excluding hydrogens is 329 g/mol. The number of nitrogens with one attached hydrogen (secondary N) is 1. The van der Waals surface area contributed by atoms with Crippen LogP contribution in [0.25, 0.3) is 0 Å². The maximum absolute atomic E-state index is 13.1. The zero-order chi connectivity index (χ0) is 18.6. The monoisotopic (exact) mass is 347 g/mol. The van der Waals surface area contributed by atoms with E-state index in [9.17, 15) is 18.8 Å². The van der Waals surface area contributed by atoms with E-state index in [0.717, 1.165) is 6.07 Å². The van der Waals surface area contributed by atoms with Crippen molar-refractivity contribution < 1.29 is 28.2 Å². The SMILES string of the molecule is CCOC(=O)c1c(C)[nH]c(C(=O)COC(=O)c2cccc(F)c2)c1C. The van der Waals surface area contributed by atoms with Gasteiger partial charge in [-0.25, -0.2) is 14.0 Å². The highest BCUT2D eigenvalue weighted by Crippen LogP contribution is 2.19. The van der Waals surface area contributed by atoms with Gasteiger partial charge in [0.2, 0.25) is 5.78 Å². The molecule has 0 aliphatic carbocycles. The van der Waals surface area contributed by atoms with E-state index in [2.05, 4.69) is 4.98 Å². The van der Waals surface area contributed by atoms with Crippen molar-refractivity contribution in [3.63, 3.8) is 0 Å². The van der Waals surface area contributed by atoms with Gasteiger partial charge in [0.15, 0.2) is 6.61 Å². The summed E-state index contributed by atoms with van der Waals surface area (Å²) in [7, 11) is 0. The Morgan fingerprint density at radius 3 is 2.48 bits per heavy atom. The van der Waals surface area contributed by atoms with Crippen LogP contribution in [-0.2, 0) is 9.47 Å². The van der Waals surface area contributed by atoms with E-state index in [4.69, 9.17) is 9.47 Å². The number of hydrogen-bond acceptors (Lipinski definition) is 5. The topological polar surface area (TPSA) is 85.5 Å². The van der Waals surface area contributed by atoms with E-state index in [1.54, 1.807) is 20.8 Å². The predicted molar refractivity (Wildman–Crippen MR) is 87.2 cm³/mol. The van der Waals surface area contributed by atoms with Gasteiger partial charge in [-0.05, 0) is 44.5 Å². The van der Waals surface area contributed by atoms with Gasteiger partial charge < -0.3 is 14.5 Å². The largest absolute Gasteiger partial charge is 0.462 e. The Labute approximate surface area is 143 Å². The number of carbonyl (C=O) groups excluding carboxylic acids is 3. The standard InChI is InChI=1S/C18H18FNO5/c1-4-24-18(23)15-10(2)16(20-11(15)3)14(21)9-25-17(22)12-6-5-7-13(19)8-12/h5-8,20H,4,9H2,1-3H3. The summed E-state index contributed by atoms with van der Waals surface area (Å²) >= 11 is 0. The number of aryl methyl sites for hydroxylation is 1. The summed E-state index contributed by atoms with van der Waals surface area (Å²) in [5.74, 6) is -2.40. The average Bonchev–Trinajstić information content (AvgIpc) is 2.87. The number of aromatic amines is 1. The zero-order valence-electron chi connectivity index (χ0n) is 14.1. The molecule has 0 atom stereocenters. The van der Waals surface area contributed by atoms with Gasteiger partial charge >= 0.3 is 11.9 Å². The third-order valence-corrected chi connectivity index (χ3v) is 3.59. The highest BCUT2D eigenvalue weighted by molar-refractivity contribution is 6.03. The van der Waals surface area contributed by atoms with Crippen LogP contribution in [-0.4, -0.2) is 35.9 Å². The summed E-state index contributed by atoms with van der Waals surface area (Å²) in [6.45, 7) is 4.63. The Morgan fingerprint density at radius 1 is 1.12 bits per heavy atom. The molecule has 1 N–H and O–H groups in total. The highest BCUT2D eigenvalue weighted by atomic mass is 19.1. The third-order valence-electron chi connectivity index (χ3n) is 3.59. The van der Waals surface area contributed by atoms with Crippen LogP contribution in [0.5, 0.6) is 0 Å². The molecule has 1 aromatic carbocycles. The normalized spacial score (nSPS) is 10.4. The number of ketones is 1. The minimum absolute atomic E-state index is 0.0133. The second kappa shape index (κ2) is 7.74. The summed E-state index contributed by atoms with van der Waals surface area (Å²) < 4.78 is 23.0. The van der Waals surface area contributed by atoms with Crippen molar-refractivity contribution in [1.82, 2.24) is 4.98 Å². The minimum Gasteiger partial charge on any atom is -0.462 e. The first kappa shape index (κ1) is 18.4. The Hall–Kier alpha value is -2.96. The molecular formula is C18H18FNO5. The number of halogens is 1. The molecule has 25 heavy (non-hydrogen) atoms. The van der Waals surface area contributed by atoms with Gasteiger partial charge in [0.25, 0.3) is 0 Å². The van der Waals surface area contributed by atoms with E-state index < -0.39 is 30.1 Å². The van der Waals surface area contributed by atoms with Crippen LogP contribution in [0.3, 0.4) is 0 Å². The molecule has 0 spiro atoms. The fourth-order valence-electron chi connectivity index (χ4n) is 2.44. The number of ether oxygens (including phenoxy) is 2. The smallest absolute Gasteiger partial charge is 0.340 e. The molecule has 0 bridgehead atoms. The van der Waals surface area contributed by atoms with E-state index in [1.165, 1.54) is 18.2 Å². The number of esters is 2. The predicted octanol–water partition coefficient (Wildman–Crippen LogP) is 2.99. The van der Waals surface area contributed by atoms with Gasteiger partial charge in [-0.15, -0.1) is 0 Å². The number of carbonyl (C=O) groups is 3. The fourth-order valence-corrected chi connectivity index (χ4v) is 2.44. The van der Waals surface area contributed by atoms with Gasteiger partial charge in [-0.2, -0.15) is 0 Å². The summed E-state index contributed by atoms with van der Waals surface area (Å²) in [5, 5.41) is 0. The number of H-pyrrole nitrogens is 1. The molecule has 0 unspecified atom stereocenters. The molecule has 132 valence electrons. The Bertz CT molecular complexity index is 825. The van der Waals surface area contributed by atoms with Crippen molar-refractivity contribution in [1.29, 1.82) is 0 Å². The van der Waals surface area contributed by atoms with Crippen LogP contribution >= 0.6 is 0 Å². The molecule has 2 rings (SSSR count). The van der Waals surface area contributed by atoms with Crippen molar-refractivity contribution in [3.8, 4) is 0 Å². The van der Waals surface area contributed by atoms with E-state index in [1.807, 2.05) is 0 Å². The number of Topliss-reactive ketones (excluding diaryl/α,β-unsaturated/α-hetero) is 1. The highest BCUT2D eigenvalue weighted by Gasteiger charge is 2.23. The van der Waals surface area contributed by atoms with Crippen molar-refractivity contribution in [2.24, 2.45) is 0 Å². The molecule has 0 saturated heterocycles. The summed E-state index contributed by atoms with van der Waals surface area (Å²) in [6, 6.07) is 4.98. The molecule has 6 nitrogen and oxygen atoms in total. The van der Waals surface area contributed by atoms with Crippen LogP contribution in [0.15, 0.2) is 24.3 Å². The lowest BCUT2D eigenvalue weighted by atomic mass is 10.1. The first-order valence-corrected chi connectivity index (χ1v) is 7.67. The fraction of sp³-hybridized carbons (Fsp3) is 0.278. The van der Waals surface area contributed by atoms with Crippen LogP contribution in [0, 0.1) is 19.7 Å². The molecule has 7 heteroatoms. The summed E-state index contributed by atoms with van der Waals surface area (Å²) in [5.41, 5.74) is 1.41. The van der Waals surface area contributed by atoms with Crippen molar-refractivity contribution in [3.05, 3.63) is 58.2 Å². The van der Waals surface area contributed by atoms with Crippen molar-refractivity contribution in [2.75, 3.05) is 13.2 Å². The Kier molecular flexibility index (Phi) is 5.69. The molecule has 2 aromatic rings. The zero-order valence-corrected chi connectivity index (χ0v) is 14.1. The van der Waals surface area contributed by atoms with E-state index in [-0.39, 0.29) is 17.9 Å². The maximum Gasteiger partial charge on any atom is 0.340 e. The summed E-state index contributed by atoms with van der Waals surface area (Å²) in [6.07, 6.45) is 0. The van der Waals surface area contributed by atoms with Crippen LogP contribution < -0.4 is 0 Å². The first-order chi connectivity index (χ1) is 11.8. The van der Waals surface area contributed by atoms with Gasteiger partial charge in [-0.3, -0.25) is 4.79 Å². The summed E-state index contributed by atoms with van der Waals surface area (Å²) in [4.78, 5) is 38.9. The molecule has 1 aromatic heterocycles. The lowest BCUT2D eigenvalue weighted by Gasteiger charge is -2.05. The molecule has 0 fully saturated rings. The second-order valence-corrected chi connectivity index (χ2v) is 5.36. The second-order valence-electron chi connectivity index (χ2n) is 5.36. The van der Waals surface area contributed by atoms with Crippen LogP contribution in [0.1, 0.15) is 49.4 Å². The number of aromatic nitrogens is 1. The van der Waals surface area contributed by atoms with E-state index >= 15 is 0 Å². The first-order valence-electron chi connectivity index (χ1n) is 7.67. The third kappa shape index (κ3) is 4.12. The molecule has 0 amide bonds. The van der Waals surface area contributed by atoms with E-state index in [0.29, 0.717) is 16.8 Å². The van der Waals surface area contributed by atoms with Crippen molar-refractivity contribution in [2.45, 2.75) is 20.8 Å². The minimum atomic E-state index is -0.806. The maximum atomic E-state index is 13.1. The number of rotatable bonds is 6. The molecule has 0 aliphatic rings. The quantitative estimate of drug-likeness (QED) is 0.641. The molecule has 0 radical (unpaired) electrons. The molecule has 1 heterocycles. The lowest BCUT2D eigenvalue weighted by molar-refractivity contribution is 0.0472. The van der Waals surface area contributed by atoms with Crippen LogP contribution in [0.2, 0.25) is 0 Å². The Balaban J connectivity index is 2.10. The Morgan fingerprint density at radius 2 is 1.84 bits per heavy atom. The lowest BCUT2D eigenvalue weighted by Crippen LogP contribution is -2.15. The number of hydrogen-bond donors (Lipinski definition) is 1. The molecule has 0 aliphatic heterocycles. The van der Waals surface area contributed by atoms with Crippen molar-refractivity contribution >= 4 is 17.7 Å². The van der Waals surface area contributed by atoms with Gasteiger partial charge in [0.1, 0.15) is 5.82 Å². The number of benzene rings is 1. The van der Waals surface area contributed by atoms with Crippen LogP contribution in [0.4, 0.5) is 4.39 Å². The van der Waals surface area contributed by atoms with Gasteiger partial charge in [-0.1, -0.05) is 6.07 Å². The molecule has 0 saturated carbocycles. The van der Waals surface area contributed by atoms with Gasteiger partial charge in [0.05, 0.1) is 23.4 Å². The average molecular weight is 347 g/mol. The van der Waals surface area contributed by atoms with Gasteiger partial charge in [0, 0.05) is 5.69 Å².